The topological polar surface area (TPSA) is 59.5 Å². The van der Waals surface area contributed by atoms with E-state index < -0.39 is 5.60 Å². The van der Waals surface area contributed by atoms with E-state index in [1.54, 1.807) is 23.2 Å². The van der Waals surface area contributed by atoms with Gasteiger partial charge in [-0.3, -0.25) is 9.69 Å². The largest absolute Gasteiger partial charge is 0.441 e. The average Bonchev–Trinajstić information content (AvgIpc) is 2.77. The van der Waals surface area contributed by atoms with Crippen molar-refractivity contribution in [1.82, 2.24) is 4.98 Å². The number of nitrogens with zero attached hydrogens (tertiary/aromatic N) is 2. The lowest BCUT2D eigenvalue weighted by Crippen LogP contribution is -2.39. The van der Waals surface area contributed by atoms with Gasteiger partial charge in [0.05, 0.1) is 6.54 Å². The number of carbonyl (C=O) groups is 2. The molecule has 0 N–H and O–H groups in total. The summed E-state index contributed by atoms with van der Waals surface area (Å²) in [7, 11) is 0. The molecule has 1 aliphatic carbocycles. The fraction of sp³-hybridized carbons (Fsp3) is 0.500. The standard InChI is InChI=1S/C14H15ClN2O3/c15-12(18)10-4-6-14(7-5-10)9-17(13(19)20-14)11-3-1-2-8-16-11/h1-3,8,10H,4-7,9H2. The zero-order valence-electron chi connectivity index (χ0n) is 10.9. The molecule has 1 aliphatic heterocycles. The molecule has 20 heavy (non-hydrogen) atoms. The van der Waals surface area contributed by atoms with Crippen LogP contribution in [-0.4, -0.2) is 28.5 Å². The maximum atomic E-state index is 12.0. The molecule has 1 aromatic heterocycles. The lowest BCUT2D eigenvalue weighted by Gasteiger charge is -2.33. The molecule has 2 fully saturated rings. The van der Waals surface area contributed by atoms with E-state index in [2.05, 4.69) is 4.98 Å². The van der Waals surface area contributed by atoms with Crippen molar-refractivity contribution in [3.8, 4) is 0 Å². The Balaban J connectivity index is 1.73. The number of rotatable bonds is 2. The Labute approximate surface area is 121 Å². The van der Waals surface area contributed by atoms with E-state index in [-0.39, 0.29) is 17.3 Å². The predicted molar refractivity (Wildman–Crippen MR) is 73.6 cm³/mol. The Morgan fingerprint density at radius 3 is 2.75 bits per heavy atom. The molecule has 0 bridgehead atoms. The maximum absolute atomic E-state index is 12.0. The molecule has 0 atom stereocenters. The van der Waals surface area contributed by atoms with Crippen LogP contribution in [0.25, 0.3) is 0 Å². The molecule has 2 aliphatic rings. The number of halogens is 1. The van der Waals surface area contributed by atoms with Crippen LogP contribution in [0, 0.1) is 5.92 Å². The van der Waals surface area contributed by atoms with Crippen molar-refractivity contribution in [3.05, 3.63) is 24.4 Å². The highest BCUT2D eigenvalue weighted by atomic mass is 35.5. The van der Waals surface area contributed by atoms with Crippen molar-refractivity contribution in [2.24, 2.45) is 5.92 Å². The van der Waals surface area contributed by atoms with E-state index in [4.69, 9.17) is 16.3 Å². The van der Waals surface area contributed by atoms with Gasteiger partial charge in [0.15, 0.2) is 0 Å². The van der Waals surface area contributed by atoms with Crippen LogP contribution in [0.4, 0.5) is 10.6 Å². The summed E-state index contributed by atoms with van der Waals surface area (Å²) in [6.07, 6.45) is 3.98. The number of hydrogen-bond acceptors (Lipinski definition) is 4. The second-order valence-electron chi connectivity index (χ2n) is 5.40. The van der Waals surface area contributed by atoms with Crippen molar-refractivity contribution >= 4 is 28.8 Å². The van der Waals surface area contributed by atoms with E-state index in [1.165, 1.54) is 0 Å². The second-order valence-corrected chi connectivity index (χ2v) is 5.78. The molecule has 2 heterocycles. The third kappa shape index (κ3) is 2.38. The van der Waals surface area contributed by atoms with Crippen LogP contribution in [0.5, 0.6) is 0 Å². The SMILES string of the molecule is O=C(Cl)C1CCC2(CC1)CN(c1ccccn1)C(=O)O2. The van der Waals surface area contributed by atoms with E-state index in [1.807, 2.05) is 6.07 Å². The first kappa shape index (κ1) is 13.4. The summed E-state index contributed by atoms with van der Waals surface area (Å²) in [6.45, 7) is 0.492. The van der Waals surface area contributed by atoms with E-state index >= 15 is 0 Å². The van der Waals surface area contributed by atoms with Gasteiger partial charge in [0.25, 0.3) is 0 Å². The number of aromatic nitrogens is 1. The highest BCUT2D eigenvalue weighted by Crippen LogP contribution is 2.40. The summed E-state index contributed by atoms with van der Waals surface area (Å²) in [5, 5.41) is -0.286. The van der Waals surface area contributed by atoms with Gasteiger partial charge in [-0.25, -0.2) is 9.78 Å². The molecular weight excluding hydrogens is 280 g/mol. The summed E-state index contributed by atoms with van der Waals surface area (Å²) < 4.78 is 5.58. The fourth-order valence-corrected chi connectivity index (χ4v) is 3.16. The summed E-state index contributed by atoms with van der Waals surface area (Å²) >= 11 is 5.54. The van der Waals surface area contributed by atoms with Crippen molar-refractivity contribution in [2.45, 2.75) is 31.3 Å². The summed E-state index contributed by atoms with van der Waals surface area (Å²) in [5.41, 5.74) is -0.489. The molecule has 6 heteroatoms. The average molecular weight is 295 g/mol. The highest BCUT2D eigenvalue weighted by Gasteiger charge is 2.48. The van der Waals surface area contributed by atoms with Crippen molar-refractivity contribution < 1.29 is 14.3 Å². The molecular formula is C14H15ClN2O3. The molecule has 5 nitrogen and oxygen atoms in total. The van der Waals surface area contributed by atoms with Crippen molar-refractivity contribution in [3.63, 3.8) is 0 Å². The van der Waals surface area contributed by atoms with Gasteiger partial charge in [0, 0.05) is 12.1 Å². The van der Waals surface area contributed by atoms with E-state index in [0.29, 0.717) is 38.0 Å². The van der Waals surface area contributed by atoms with Gasteiger partial charge < -0.3 is 4.74 Å². The van der Waals surface area contributed by atoms with Crippen LogP contribution in [0.3, 0.4) is 0 Å². The molecule has 106 valence electrons. The van der Waals surface area contributed by atoms with Crippen LogP contribution < -0.4 is 4.90 Å². The first-order valence-corrected chi connectivity index (χ1v) is 7.08. The molecule has 3 rings (SSSR count). The molecule has 1 saturated heterocycles. The van der Waals surface area contributed by atoms with Crippen LogP contribution >= 0.6 is 11.6 Å². The third-order valence-corrected chi connectivity index (χ3v) is 4.42. The lowest BCUT2D eigenvalue weighted by molar-refractivity contribution is -0.117. The summed E-state index contributed by atoms with van der Waals surface area (Å²) in [5.74, 6) is 0.495. The fourth-order valence-electron chi connectivity index (χ4n) is 2.94. The van der Waals surface area contributed by atoms with Gasteiger partial charge in [-0.05, 0) is 49.4 Å². The smallest absolute Gasteiger partial charge is 0.416 e. The van der Waals surface area contributed by atoms with Gasteiger partial charge in [-0.1, -0.05) is 6.07 Å². The van der Waals surface area contributed by atoms with Crippen LogP contribution in [0.1, 0.15) is 25.7 Å². The summed E-state index contributed by atoms with van der Waals surface area (Å²) in [4.78, 5) is 29.0. The monoisotopic (exact) mass is 294 g/mol. The molecule has 1 spiro atoms. The van der Waals surface area contributed by atoms with Crippen LogP contribution in [0.2, 0.25) is 0 Å². The number of ether oxygens (including phenoxy) is 1. The normalized spacial score (nSPS) is 29.6. The molecule has 1 aromatic rings. The van der Waals surface area contributed by atoms with Gasteiger partial charge in [-0.2, -0.15) is 0 Å². The molecule has 0 aromatic carbocycles. The number of amides is 1. The zero-order valence-corrected chi connectivity index (χ0v) is 11.7. The quantitative estimate of drug-likeness (QED) is 0.787. The molecule has 0 unspecified atom stereocenters. The summed E-state index contributed by atoms with van der Waals surface area (Å²) in [6, 6.07) is 5.43. The first-order chi connectivity index (χ1) is 9.60. The number of hydrogen-bond donors (Lipinski definition) is 0. The number of pyridine rings is 1. The predicted octanol–water partition coefficient (Wildman–Crippen LogP) is 2.73. The van der Waals surface area contributed by atoms with Gasteiger partial charge in [0.1, 0.15) is 11.4 Å². The minimum Gasteiger partial charge on any atom is -0.441 e. The molecule has 1 saturated carbocycles. The molecule has 1 amide bonds. The number of carbonyl (C=O) groups excluding carboxylic acids is 2. The Kier molecular flexibility index (Phi) is 3.38. The van der Waals surface area contributed by atoms with E-state index in [9.17, 15) is 9.59 Å². The van der Waals surface area contributed by atoms with Crippen molar-refractivity contribution in [1.29, 1.82) is 0 Å². The minimum atomic E-state index is -0.489. The Hall–Kier alpha value is -1.62. The van der Waals surface area contributed by atoms with Gasteiger partial charge in [0.2, 0.25) is 5.24 Å². The number of anilines is 1. The van der Waals surface area contributed by atoms with Gasteiger partial charge in [-0.15, -0.1) is 0 Å². The Bertz CT molecular complexity index is 526. The second kappa shape index (κ2) is 5.05. The highest BCUT2D eigenvalue weighted by molar-refractivity contribution is 6.63. The minimum absolute atomic E-state index is 0.107. The Morgan fingerprint density at radius 1 is 1.40 bits per heavy atom. The lowest BCUT2D eigenvalue weighted by atomic mass is 9.79. The first-order valence-electron chi connectivity index (χ1n) is 6.71. The van der Waals surface area contributed by atoms with Crippen molar-refractivity contribution in [2.75, 3.05) is 11.4 Å². The third-order valence-electron chi connectivity index (χ3n) is 4.11. The van der Waals surface area contributed by atoms with Gasteiger partial charge >= 0.3 is 6.09 Å². The maximum Gasteiger partial charge on any atom is 0.416 e. The molecule has 0 radical (unpaired) electrons. The zero-order chi connectivity index (χ0) is 14.2. The Morgan fingerprint density at radius 2 is 2.15 bits per heavy atom. The van der Waals surface area contributed by atoms with Crippen LogP contribution in [0.15, 0.2) is 24.4 Å². The van der Waals surface area contributed by atoms with Crippen LogP contribution in [-0.2, 0) is 9.53 Å². The van der Waals surface area contributed by atoms with E-state index in [0.717, 1.165) is 0 Å².